The topological polar surface area (TPSA) is 81.8 Å². The molecule has 2 heterocycles. The molecule has 0 bridgehead atoms. The lowest BCUT2D eigenvalue weighted by molar-refractivity contribution is -0.135. The Morgan fingerprint density at radius 2 is 1.65 bits per heavy atom. The van der Waals surface area contributed by atoms with Crippen LogP contribution in [0.25, 0.3) is 0 Å². The van der Waals surface area contributed by atoms with Crippen LogP contribution in [-0.2, 0) is 22.4 Å². The van der Waals surface area contributed by atoms with E-state index in [1.807, 2.05) is 4.90 Å². The van der Waals surface area contributed by atoms with E-state index in [4.69, 9.17) is 0 Å². The molecule has 4 rings (SSSR count). The Labute approximate surface area is 152 Å². The van der Waals surface area contributed by atoms with Crippen LogP contribution in [0.2, 0.25) is 0 Å². The van der Waals surface area contributed by atoms with Crippen molar-refractivity contribution in [3.63, 3.8) is 0 Å². The van der Waals surface area contributed by atoms with E-state index >= 15 is 0 Å². The predicted octanol–water partition coefficient (Wildman–Crippen LogP) is 0.286. The fourth-order valence-electron chi connectivity index (χ4n) is 4.24. The second-order valence-corrected chi connectivity index (χ2v) is 7.30. The quantitative estimate of drug-likeness (QED) is 0.798. The fraction of sp³-hybridized carbons (Fsp3) is 0.526. The fourth-order valence-corrected chi connectivity index (χ4v) is 4.24. The van der Waals surface area contributed by atoms with Crippen LogP contribution in [0, 0.1) is 0 Å². The van der Waals surface area contributed by atoms with Gasteiger partial charge in [0.1, 0.15) is 6.04 Å². The summed E-state index contributed by atoms with van der Waals surface area (Å²) in [5.74, 6) is -0.410. The van der Waals surface area contributed by atoms with Gasteiger partial charge in [0.25, 0.3) is 0 Å². The zero-order valence-electron chi connectivity index (χ0n) is 14.7. The molecule has 3 aliphatic rings. The number of hydrogen-bond acceptors (Lipinski definition) is 4. The number of piperazine rings is 1. The van der Waals surface area contributed by atoms with Gasteiger partial charge in [-0.2, -0.15) is 0 Å². The van der Waals surface area contributed by atoms with Gasteiger partial charge in [-0.15, -0.1) is 0 Å². The van der Waals surface area contributed by atoms with Crippen LogP contribution in [0.5, 0.6) is 0 Å². The second-order valence-electron chi connectivity index (χ2n) is 7.30. The molecule has 0 spiro atoms. The summed E-state index contributed by atoms with van der Waals surface area (Å²) in [4.78, 5) is 40.0. The molecular weight excluding hydrogens is 332 g/mol. The van der Waals surface area contributed by atoms with E-state index < -0.39 is 12.1 Å². The summed E-state index contributed by atoms with van der Waals surface area (Å²) in [6, 6.07) is 7.94. The largest absolute Gasteiger partial charge is 0.338 e. The Balaban J connectivity index is 1.32. The van der Waals surface area contributed by atoms with Gasteiger partial charge >= 0.3 is 6.03 Å². The Hall–Kier alpha value is -2.41. The number of rotatable bonds is 2. The molecule has 0 radical (unpaired) electrons. The lowest BCUT2D eigenvalue weighted by atomic mass is 10.1. The number of carbonyl (C=O) groups is 3. The Bertz CT molecular complexity index is 702. The zero-order chi connectivity index (χ0) is 18.1. The number of hydrogen-bond donors (Lipinski definition) is 2. The third-order valence-corrected chi connectivity index (χ3v) is 5.69. The molecular formula is C19H24N4O3. The van der Waals surface area contributed by atoms with Crippen molar-refractivity contribution in [3.8, 4) is 0 Å². The number of carbonyl (C=O) groups excluding carboxylic acids is 3. The van der Waals surface area contributed by atoms with Crippen molar-refractivity contribution >= 4 is 17.8 Å². The molecule has 0 aromatic heterocycles. The van der Waals surface area contributed by atoms with Gasteiger partial charge in [-0.3, -0.25) is 19.8 Å². The Morgan fingerprint density at radius 1 is 1.00 bits per heavy atom. The maximum atomic E-state index is 12.7. The van der Waals surface area contributed by atoms with E-state index in [0.29, 0.717) is 25.6 Å². The highest BCUT2D eigenvalue weighted by molar-refractivity contribution is 5.98. The van der Waals surface area contributed by atoms with Gasteiger partial charge in [-0.25, -0.2) is 4.79 Å². The highest BCUT2D eigenvalue weighted by Gasteiger charge is 2.34. The van der Waals surface area contributed by atoms with Crippen molar-refractivity contribution in [2.24, 2.45) is 0 Å². The normalized spacial score (nSPS) is 24.6. The van der Waals surface area contributed by atoms with E-state index in [9.17, 15) is 14.4 Å². The second kappa shape index (κ2) is 7.07. The molecule has 1 aromatic rings. The minimum absolute atomic E-state index is 0.0794. The van der Waals surface area contributed by atoms with Gasteiger partial charge < -0.3 is 10.2 Å². The van der Waals surface area contributed by atoms with E-state index in [0.717, 1.165) is 25.9 Å². The van der Waals surface area contributed by atoms with E-state index in [1.54, 1.807) is 0 Å². The molecule has 2 fully saturated rings. The molecule has 0 unspecified atom stereocenters. The van der Waals surface area contributed by atoms with Crippen LogP contribution in [-0.4, -0.2) is 65.9 Å². The first-order chi connectivity index (χ1) is 12.6. The number of imide groups is 1. The first kappa shape index (κ1) is 17.0. The minimum Gasteiger partial charge on any atom is -0.338 e. The van der Waals surface area contributed by atoms with E-state index in [1.165, 1.54) is 11.1 Å². The van der Waals surface area contributed by atoms with Crippen molar-refractivity contribution < 1.29 is 14.4 Å². The minimum atomic E-state index is -0.608. The van der Waals surface area contributed by atoms with Crippen molar-refractivity contribution in [1.29, 1.82) is 0 Å². The predicted molar refractivity (Wildman–Crippen MR) is 95.5 cm³/mol. The molecule has 138 valence electrons. The highest BCUT2D eigenvalue weighted by atomic mass is 16.2. The Morgan fingerprint density at radius 3 is 2.31 bits per heavy atom. The summed E-state index contributed by atoms with van der Waals surface area (Å²) in [5, 5.41) is 4.82. The number of benzene rings is 1. The zero-order valence-corrected chi connectivity index (χ0v) is 14.7. The van der Waals surface area contributed by atoms with E-state index in [-0.39, 0.29) is 18.2 Å². The Kier molecular flexibility index (Phi) is 4.63. The third kappa shape index (κ3) is 3.44. The van der Waals surface area contributed by atoms with Gasteiger partial charge in [0.05, 0.1) is 0 Å². The molecule has 0 saturated carbocycles. The summed E-state index contributed by atoms with van der Waals surface area (Å²) in [7, 11) is 0. The van der Waals surface area contributed by atoms with Crippen LogP contribution in [0.4, 0.5) is 4.79 Å². The van der Waals surface area contributed by atoms with Crippen molar-refractivity contribution in [2.45, 2.75) is 37.8 Å². The average Bonchev–Trinajstić information content (AvgIpc) is 3.01. The third-order valence-electron chi connectivity index (χ3n) is 5.69. The molecule has 1 aliphatic carbocycles. The number of nitrogens with one attached hydrogen (secondary N) is 2. The first-order valence-electron chi connectivity index (χ1n) is 9.30. The highest BCUT2D eigenvalue weighted by Crippen LogP contribution is 2.26. The lowest BCUT2D eigenvalue weighted by Crippen LogP contribution is -2.56. The van der Waals surface area contributed by atoms with Crippen LogP contribution < -0.4 is 10.6 Å². The molecule has 2 aliphatic heterocycles. The number of amides is 4. The molecule has 1 aromatic carbocycles. The van der Waals surface area contributed by atoms with Gasteiger partial charge in [-0.05, 0) is 30.4 Å². The van der Waals surface area contributed by atoms with Crippen molar-refractivity contribution in [3.05, 3.63) is 35.4 Å². The van der Waals surface area contributed by atoms with Crippen LogP contribution >= 0.6 is 0 Å². The molecule has 1 atom stereocenters. The molecule has 7 nitrogen and oxygen atoms in total. The summed E-state index contributed by atoms with van der Waals surface area (Å²) < 4.78 is 0. The number of nitrogens with zero attached hydrogens (tertiary/aromatic N) is 2. The molecule has 2 N–H and O–H groups in total. The number of fused-ring (bicyclic) bond motifs is 1. The summed E-state index contributed by atoms with van der Waals surface area (Å²) in [5.41, 5.74) is 2.88. The lowest BCUT2D eigenvalue weighted by Gasteiger charge is -2.39. The van der Waals surface area contributed by atoms with Gasteiger partial charge in [0.2, 0.25) is 11.8 Å². The monoisotopic (exact) mass is 356 g/mol. The standard InChI is InChI=1S/C19H24N4O3/c24-17-6-5-16(20-19(26)21-17)18(25)23-9-7-22(8-10-23)15-11-13-3-1-2-4-14(13)12-15/h1-4,15-16H,5-12H2,(H2,20,21,24,26)/t16-/m0/s1. The SMILES string of the molecule is O=C1CC[C@@H](C(=O)N2CCN(C3Cc4ccccc4C3)CC2)NC(=O)N1. The van der Waals surface area contributed by atoms with E-state index in [2.05, 4.69) is 39.8 Å². The van der Waals surface area contributed by atoms with Gasteiger partial charge in [-0.1, -0.05) is 24.3 Å². The smallest absolute Gasteiger partial charge is 0.322 e. The van der Waals surface area contributed by atoms with Crippen molar-refractivity contribution in [2.75, 3.05) is 26.2 Å². The van der Waals surface area contributed by atoms with Crippen LogP contribution in [0.3, 0.4) is 0 Å². The molecule has 26 heavy (non-hydrogen) atoms. The molecule has 4 amide bonds. The summed E-state index contributed by atoms with van der Waals surface area (Å²) >= 11 is 0. The summed E-state index contributed by atoms with van der Waals surface area (Å²) in [6.45, 7) is 3.03. The van der Waals surface area contributed by atoms with Gasteiger partial charge in [0.15, 0.2) is 0 Å². The maximum absolute atomic E-state index is 12.7. The van der Waals surface area contributed by atoms with Crippen molar-refractivity contribution in [1.82, 2.24) is 20.4 Å². The maximum Gasteiger partial charge on any atom is 0.322 e. The van der Waals surface area contributed by atoms with Crippen LogP contribution in [0.15, 0.2) is 24.3 Å². The number of urea groups is 1. The molecule has 2 saturated heterocycles. The first-order valence-corrected chi connectivity index (χ1v) is 9.30. The summed E-state index contributed by atoms with van der Waals surface area (Å²) in [6.07, 6.45) is 2.71. The van der Waals surface area contributed by atoms with Gasteiger partial charge in [0, 0.05) is 38.6 Å². The molecule has 7 heteroatoms. The van der Waals surface area contributed by atoms with Crippen LogP contribution in [0.1, 0.15) is 24.0 Å². The average molecular weight is 356 g/mol.